The molecule has 7 heteroatoms. The zero-order chi connectivity index (χ0) is 19.7. The Morgan fingerprint density at radius 3 is 2.64 bits per heavy atom. The van der Waals surface area contributed by atoms with Gasteiger partial charge in [-0.2, -0.15) is 0 Å². The molecular weight excluding hydrogens is 372 g/mol. The third-order valence-electron chi connectivity index (χ3n) is 4.97. The molecule has 2 heterocycles. The summed E-state index contributed by atoms with van der Waals surface area (Å²) < 4.78 is 7.13. The van der Waals surface area contributed by atoms with Crippen molar-refractivity contribution in [3.63, 3.8) is 0 Å². The molecule has 1 atom stereocenters. The topological polar surface area (TPSA) is 60.3 Å². The summed E-state index contributed by atoms with van der Waals surface area (Å²) in [4.78, 5) is 14.9. The third-order valence-corrected chi connectivity index (χ3v) is 6.09. The molecule has 4 rings (SSSR count). The Balaban J connectivity index is 1.50. The number of rotatable bonds is 5. The SMILES string of the molecule is COc1ccc(-c2nnc(SC(C)C(=O)N3CCc4ccccc43)n2C)cc1. The average Bonchev–Trinajstić information content (AvgIpc) is 3.31. The van der Waals surface area contributed by atoms with Crippen molar-refractivity contribution in [2.45, 2.75) is 23.8 Å². The second-order valence-electron chi connectivity index (χ2n) is 6.72. The minimum Gasteiger partial charge on any atom is -0.497 e. The first-order chi connectivity index (χ1) is 13.6. The van der Waals surface area contributed by atoms with E-state index in [1.165, 1.54) is 17.3 Å². The number of carbonyl (C=O) groups excluding carboxylic acids is 1. The van der Waals surface area contributed by atoms with E-state index >= 15 is 0 Å². The van der Waals surface area contributed by atoms with Gasteiger partial charge in [0.2, 0.25) is 5.91 Å². The number of benzene rings is 2. The maximum Gasteiger partial charge on any atom is 0.240 e. The number of carbonyl (C=O) groups is 1. The lowest BCUT2D eigenvalue weighted by atomic mass is 10.2. The molecule has 1 aliphatic heterocycles. The smallest absolute Gasteiger partial charge is 0.240 e. The standard InChI is InChI=1S/C21H22N4O2S/c1-14(20(26)25-13-12-15-6-4-5-7-18(15)25)28-21-23-22-19(24(21)2)16-8-10-17(27-3)11-9-16/h4-11,14H,12-13H2,1-3H3. The van der Waals surface area contributed by atoms with Gasteiger partial charge in [-0.05, 0) is 49.2 Å². The van der Waals surface area contributed by atoms with E-state index in [4.69, 9.17) is 4.74 Å². The van der Waals surface area contributed by atoms with Crippen molar-refractivity contribution in [3.8, 4) is 17.1 Å². The first-order valence-corrected chi connectivity index (χ1v) is 10.1. The molecule has 28 heavy (non-hydrogen) atoms. The van der Waals surface area contributed by atoms with Crippen LogP contribution in [0.15, 0.2) is 53.7 Å². The Kier molecular flexibility index (Phi) is 5.09. The molecule has 144 valence electrons. The minimum absolute atomic E-state index is 0.101. The van der Waals surface area contributed by atoms with Crippen LogP contribution < -0.4 is 9.64 Å². The Morgan fingerprint density at radius 1 is 1.14 bits per heavy atom. The van der Waals surface area contributed by atoms with Crippen molar-refractivity contribution < 1.29 is 9.53 Å². The van der Waals surface area contributed by atoms with E-state index in [1.807, 2.05) is 65.9 Å². The molecule has 3 aromatic rings. The zero-order valence-electron chi connectivity index (χ0n) is 16.1. The fourth-order valence-electron chi connectivity index (χ4n) is 3.40. The fourth-order valence-corrected chi connectivity index (χ4v) is 4.28. The van der Waals surface area contributed by atoms with Crippen LogP contribution in [0.2, 0.25) is 0 Å². The highest BCUT2D eigenvalue weighted by Crippen LogP contribution is 2.32. The van der Waals surface area contributed by atoms with Gasteiger partial charge in [-0.1, -0.05) is 30.0 Å². The minimum atomic E-state index is -0.252. The second-order valence-corrected chi connectivity index (χ2v) is 8.03. The molecule has 0 aliphatic carbocycles. The van der Waals surface area contributed by atoms with Crippen LogP contribution in [0.25, 0.3) is 11.4 Å². The molecule has 0 fully saturated rings. The number of thioether (sulfide) groups is 1. The predicted octanol–water partition coefficient (Wildman–Crippen LogP) is 3.56. The lowest BCUT2D eigenvalue weighted by Crippen LogP contribution is -2.35. The zero-order valence-corrected chi connectivity index (χ0v) is 16.9. The van der Waals surface area contributed by atoms with Crippen LogP contribution in [-0.4, -0.2) is 39.6 Å². The summed E-state index contributed by atoms with van der Waals surface area (Å²) in [5.41, 5.74) is 3.21. The summed E-state index contributed by atoms with van der Waals surface area (Å²) in [6.45, 7) is 2.66. The van der Waals surface area contributed by atoms with Crippen LogP contribution in [0.4, 0.5) is 5.69 Å². The van der Waals surface area contributed by atoms with Gasteiger partial charge in [0.05, 0.1) is 12.4 Å². The number of hydrogen-bond acceptors (Lipinski definition) is 5. The quantitative estimate of drug-likeness (QED) is 0.619. The molecule has 0 saturated heterocycles. The Hall–Kier alpha value is -2.80. The fraction of sp³-hybridized carbons (Fsp3) is 0.286. The number of nitrogens with zero attached hydrogens (tertiary/aromatic N) is 4. The van der Waals surface area contributed by atoms with E-state index in [9.17, 15) is 4.79 Å². The van der Waals surface area contributed by atoms with E-state index in [0.29, 0.717) is 0 Å². The van der Waals surface area contributed by atoms with E-state index < -0.39 is 0 Å². The lowest BCUT2D eigenvalue weighted by Gasteiger charge is -2.21. The predicted molar refractivity (Wildman–Crippen MR) is 111 cm³/mol. The molecule has 1 amide bonds. The molecule has 0 radical (unpaired) electrons. The summed E-state index contributed by atoms with van der Waals surface area (Å²) in [5, 5.41) is 9.09. The van der Waals surface area contributed by atoms with Gasteiger partial charge in [-0.25, -0.2) is 0 Å². The van der Waals surface area contributed by atoms with Crippen molar-refractivity contribution in [3.05, 3.63) is 54.1 Å². The molecule has 2 aromatic carbocycles. The maximum atomic E-state index is 13.0. The molecule has 0 bridgehead atoms. The number of methoxy groups -OCH3 is 1. The molecule has 1 aromatic heterocycles. The highest BCUT2D eigenvalue weighted by Gasteiger charge is 2.29. The normalized spacial score (nSPS) is 14.0. The van der Waals surface area contributed by atoms with Crippen LogP contribution in [-0.2, 0) is 18.3 Å². The van der Waals surface area contributed by atoms with Crippen LogP contribution in [0.1, 0.15) is 12.5 Å². The number of ether oxygens (including phenoxy) is 1. The van der Waals surface area contributed by atoms with Crippen molar-refractivity contribution in [1.29, 1.82) is 0 Å². The van der Waals surface area contributed by atoms with Crippen molar-refractivity contribution in [2.75, 3.05) is 18.6 Å². The van der Waals surface area contributed by atoms with Gasteiger partial charge < -0.3 is 14.2 Å². The van der Waals surface area contributed by atoms with Crippen LogP contribution >= 0.6 is 11.8 Å². The van der Waals surface area contributed by atoms with Crippen molar-refractivity contribution in [2.24, 2.45) is 7.05 Å². The summed E-state index contributed by atoms with van der Waals surface area (Å²) in [6, 6.07) is 15.8. The van der Waals surface area contributed by atoms with Gasteiger partial charge in [0.25, 0.3) is 0 Å². The van der Waals surface area contributed by atoms with Gasteiger partial charge in [0, 0.05) is 24.8 Å². The Morgan fingerprint density at radius 2 is 1.89 bits per heavy atom. The number of anilines is 1. The van der Waals surface area contributed by atoms with E-state index in [2.05, 4.69) is 16.3 Å². The largest absolute Gasteiger partial charge is 0.497 e. The summed E-state index contributed by atoms with van der Waals surface area (Å²) >= 11 is 1.44. The molecular formula is C21H22N4O2S. The number of hydrogen-bond donors (Lipinski definition) is 0. The highest BCUT2D eigenvalue weighted by molar-refractivity contribution is 8.00. The second kappa shape index (κ2) is 7.67. The lowest BCUT2D eigenvalue weighted by molar-refractivity contribution is -0.117. The summed E-state index contributed by atoms with van der Waals surface area (Å²) in [6.07, 6.45) is 0.908. The van der Waals surface area contributed by atoms with Gasteiger partial charge in [0.15, 0.2) is 11.0 Å². The van der Waals surface area contributed by atoms with Gasteiger partial charge >= 0.3 is 0 Å². The monoisotopic (exact) mass is 394 g/mol. The molecule has 1 unspecified atom stereocenters. The van der Waals surface area contributed by atoms with Crippen LogP contribution in [0.5, 0.6) is 5.75 Å². The Bertz CT molecular complexity index is 1000. The van der Waals surface area contributed by atoms with Crippen molar-refractivity contribution in [1.82, 2.24) is 14.8 Å². The average molecular weight is 395 g/mol. The number of fused-ring (bicyclic) bond motifs is 1. The molecule has 0 spiro atoms. The Labute approximate surface area is 168 Å². The van der Waals surface area contributed by atoms with E-state index in [1.54, 1.807) is 7.11 Å². The number of para-hydroxylation sites is 1. The maximum absolute atomic E-state index is 13.0. The molecule has 0 saturated carbocycles. The number of aromatic nitrogens is 3. The molecule has 6 nitrogen and oxygen atoms in total. The molecule has 1 aliphatic rings. The highest BCUT2D eigenvalue weighted by atomic mass is 32.2. The number of amides is 1. The molecule has 0 N–H and O–H groups in total. The summed E-state index contributed by atoms with van der Waals surface area (Å²) in [5.74, 6) is 1.66. The summed E-state index contributed by atoms with van der Waals surface area (Å²) in [7, 11) is 3.56. The van der Waals surface area contributed by atoms with Crippen LogP contribution in [0, 0.1) is 0 Å². The van der Waals surface area contributed by atoms with E-state index in [-0.39, 0.29) is 11.2 Å². The van der Waals surface area contributed by atoms with Crippen LogP contribution in [0.3, 0.4) is 0 Å². The van der Waals surface area contributed by atoms with Crippen molar-refractivity contribution >= 4 is 23.4 Å². The van der Waals surface area contributed by atoms with Gasteiger partial charge in [0.1, 0.15) is 5.75 Å². The third kappa shape index (κ3) is 3.38. The first kappa shape index (κ1) is 18.6. The van der Waals surface area contributed by atoms with Gasteiger partial charge in [-0.15, -0.1) is 10.2 Å². The van der Waals surface area contributed by atoms with Gasteiger partial charge in [-0.3, -0.25) is 4.79 Å². The van der Waals surface area contributed by atoms with E-state index in [0.717, 1.165) is 40.9 Å². The first-order valence-electron chi connectivity index (χ1n) is 9.18.